The van der Waals surface area contributed by atoms with Crippen molar-refractivity contribution in [3.63, 3.8) is 0 Å². The van der Waals surface area contributed by atoms with Gasteiger partial charge in [0.1, 0.15) is 11.9 Å². The molecule has 4 heterocycles. The average Bonchev–Trinajstić information content (AvgIpc) is 3.33. The molecule has 170 valence electrons. The highest BCUT2D eigenvalue weighted by molar-refractivity contribution is 5.96. The molecule has 5 rings (SSSR count). The van der Waals surface area contributed by atoms with Crippen LogP contribution in [0.4, 0.5) is 11.5 Å². The van der Waals surface area contributed by atoms with Crippen molar-refractivity contribution in [2.45, 2.75) is 25.9 Å². The quantitative estimate of drug-likeness (QED) is 0.639. The number of para-hydroxylation sites is 1. The monoisotopic (exact) mass is 444 g/mol. The third-order valence-corrected chi connectivity index (χ3v) is 6.22. The minimum absolute atomic E-state index is 0.0991. The number of benzene rings is 1. The van der Waals surface area contributed by atoms with Crippen molar-refractivity contribution in [1.29, 1.82) is 0 Å². The zero-order valence-corrected chi connectivity index (χ0v) is 19.1. The summed E-state index contributed by atoms with van der Waals surface area (Å²) in [5.74, 6) is 0.809. The van der Waals surface area contributed by atoms with Gasteiger partial charge in [0.2, 0.25) is 5.91 Å². The van der Waals surface area contributed by atoms with E-state index in [0.29, 0.717) is 13.2 Å². The molecule has 2 N–H and O–H groups in total. The molecule has 0 saturated carbocycles. The number of aromatic nitrogens is 3. The average molecular weight is 445 g/mol. The molecular weight excluding hydrogens is 416 g/mol. The van der Waals surface area contributed by atoms with Gasteiger partial charge in [-0.25, -0.2) is 4.98 Å². The van der Waals surface area contributed by atoms with Gasteiger partial charge in [0.25, 0.3) is 0 Å². The predicted octanol–water partition coefficient (Wildman–Crippen LogP) is 3.66. The standard InChI is InChI=1S/C25H28N6O2/c1-16-15-33-13-12-31(16)23-14-20(18-6-4-5-7-21(18)27-17(2)32)19-9-11-30(3)25(24(19)28-23)22-8-10-26-29-22/h4-11,14,16,25H,12-13,15H2,1-3H3,(H,26,29)(H,27,32)/t16-,25?/m1/s1. The Hall–Kier alpha value is -3.65. The van der Waals surface area contributed by atoms with E-state index in [9.17, 15) is 4.79 Å². The largest absolute Gasteiger partial charge is 0.377 e. The fourth-order valence-electron chi connectivity index (χ4n) is 4.66. The highest BCUT2D eigenvalue weighted by Gasteiger charge is 2.31. The lowest BCUT2D eigenvalue weighted by Crippen LogP contribution is -2.44. The summed E-state index contributed by atoms with van der Waals surface area (Å²) < 4.78 is 5.67. The van der Waals surface area contributed by atoms with Crippen LogP contribution in [0.1, 0.15) is 36.8 Å². The first-order valence-electron chi connectivity index (χ1n) is 11.2. The Kier molecular flexibility index (Phi) is 5.60. The number of hydrogen-bond donors (Lipinski definition) is 2. The fourth-order valence-corrected chi connectivity index (χ4v) is 4.66. The Morgan fingerprint density at radius 2 is 2.09 bits per heavy atom. The van der Waals surface area contributed by atoms with Crippen LogP contribution in [0.15, 0.2) is 48.8 Å². The summed E-state index contributed by atoms with van der Waals surface area (Å²) in [4.78, 5) is 21.6. The lowest BCUT2D eigenvalue weighted by molar-refractivity contribution is -0.114. The predicted molar refractivity (Wildman–Crippen MR) is 129 cm³/mol. The maximum absolute atomic E-state index is 11.9. The van der Waals surface area contributed by atoms with Gasteiger partial charge < -0.3 is 19.9 Å². The molecule has 1 saturated heterocycles. The van der Waals surface area contributed by atoms with Crippen LogP contribution in [0.3, 0.4) is 0 Å². The number of anilines is 2. The minimum Gasteiger partial charge on any atom is -0.377 e. The number of hydrogen-bond acceptors (Lipinski definition) is 6. The Morgan fingerprint density at radius 3 is 2.85 bits per heavy atom. The van der Waals surface area contributed by atoms with Crippen LogP contribution < -0.4 is 10.2 Å². The van der Waals surface area contributed by atoms with Crippen LogP contribution in [-0.2, 0) is 9.53 Å². The summed E-state index contributed by atoms with van der Waals surface area (Å²) in [6.45, 7) is 5.80. The molecular formula is C25H28N6O2. The molecule has 8 nitrogen and oxygen atoms in total. The van der Waals surface area contributed by atoms with Gasteiger partial charge in [-0.3, -0.25) is 9.89 Å². The lowest BCUT2D eigenvalue weighted by atomic mass is 9.91. The molecule has 0 radical (unpaired) electrons. The van der Waals surface area contributed by atoms with Crippen molar-refractivity contribution in [1.82, 2.24) is 20.1 Å². The number of nitrogens with zero attached hydrogens (tertiary/aromatic N) is 4. The topological polar surface area (TPSA) is 86.4 Å². The Morgan fingerprint density at radius 1 is 1.24 bits per heavy atom. The van der Waals surface area contributed by atoms with E-state index in [4.69, 9.17) is 9.72 Å². The molecule has 1 amide bonds. The molecule has 1 fully saturated rings. The van der Waals surface area contributed by atoms with Crippen LogP contribution in [0.5, 0.6) is 0 Å². The molecule has 2 aliphatic heterocycles. The van der Waals surface area contributed by atoms with Crippen LogP contribution in [0.25, 0.3) is 17.2 Å². The fraction of sp³-hybridized carbons (Fsp3) is 0.320. The molecule has 8 heteroatoms. The highest BCUT2D eigenvalue weighted by atomic mass is 16.5. The maximum atomic E-state index is 11.9. The van der Waals surface area contributed by atoms with Gasteiger partial charge in [-0.15, -0.1) is 0 Å². The summed E-state index contributed by atoms with van der Waals surface area (Å²) in [7, 11) is 2.04. The second-order valence-electron chi connectivity index (χ2n) is 8.57. The van der Waals surface area contributed by atoms with Gasteiger partial charge in [-0.1, -0.05) is 18.2 Å². The van der Waals surface area contributed by atoms with Crippen molar-refractivity contribution in [2.24, 2.45) is 0 Å². The van der Waals surface area contributed by atoms with Gasteiger partial charge in [-0.05, 0) is 36.8 Å². The summed E-state index contributed by atoms with van der Waals surface area (Å²) in [5, 5.41) is 10.3. The van der Waals surface area contributed by atoms with E-state index in [-0.39, 0.29) is 18.0 Å². The lowest BCUT2D eigenvalue weighted by Gasteiger charge is -2.37. The van der Waals surface area contributed by atoms with Crippen LogP contribution in [0, 0.1) is 0 Å². The summed E-state index contributed by atoms with van der Waals surface area (Å²) >= 11 is 0. The number of aromatic amines is 1. The molecule has 0 spiro atoms. The molecule has 1 unspecified atom stereocenters. The van der Waals surface area contributed by atoms with Crippen LogP contribution in [-0.4, -0.2) is 58.8 Å². The molecule has 2 aromatic heterocycles. The normalized spacial score (nSPS) is 20.0. The number of H-pyrrole nitrogens is 1. The second kappa shape index (κ2) is 8.71. The molecule has 1 aromatic carbocycles. The van der Waals surface area contributed by atoms with Crippen LogP contribution >= 0.6 is 0 Å². The third-order valence-electron chi connectivity index (χ3n) is 6.22. The molecule has 2 atom stereocenters. The Labute approximate surface area is 193 Å². The first-order chi connectivity index (χ1) is 16.0. The molecule has 3 aromatic rings. The van der Waals surface area contributed by atoms with Gasteiger partial charge >= 0.3 is 0 Å². The number of fused-ring (bicyclic) bond motifs is 1. The number of carbonyl (C=O) groups is 1. The third kappa shape index (κ3) is 3.98. The van der Waals surface area contributed by atoms with Crippen molar-refractivity contribution in [2.75, 3.05) is 37.0 Å². The Bertz CT molecular complexity index is 1190. The minimum atomic E-state index is -0.101. The first-order valence-corrected chi connectivity index (χ1v) is 11.2. The number of pyridine rings is 1. The number of morpholine rings is 1. The smallest absolute Gasteiger partial charge is 0.221 e. The van der Waals surface area contributed by atoms with E-state index >= 15 is 0 Å². The number of ether oxygens (including phenoxy) is 1. The summed E-state index contributed by atoms with van der Waals surface area (Å²) in [6, 6.07) is 12.2. The van der Waals surface area contributed by atoms with Crippen molar-refractivity contribution in [3.05, 3.63) is 65.7 Å². The summed E-state index contributed by atoms with van der Waals surface area (Å²) in [5.41, 5.74) is 5.75. The SMILES string of the molecule is CC(=O)Nc1ccccc1-c1cc(N2CCOC[C@H]2C)nc2c1C=CN(C)C2c1ccn[nH]1. The van der Waals surface area contributed by atoms with Crippen molar-refractivity contribution >= 4 is 23.5 Å². The van der Waals surface area contributed by atoms with E-state index in [1.165, 1.54) is 6.92 Å². The van der Waals surface area contributed by atoms with Gasteiger partial charge in [0, 0.05) is 49.7 Å². The number of carbonyl (C=O) groups excluding carboxylic acids is 1. The first kappa shape index (κ1) is 21.2. The molecule has 0 bridgehead atoms. The zero-order chi connectivity index (χ0) is 22.9. The summed E-state index contributed by atoms with van der Waals surface area (Å²) in [6.07, 6.45) is 5.93. The van der Waals surface area contributed by atoms with E-state index in [1.54, 1.807) is 6.20 Å². The van der Waals surface area contributed by atoms with Crippen LogP contribution in [0.2, 0.25) is 0 Å². The number of amides is 1. The van der Waals surface area contributed by atoms with Gasteiger partial charge in [0.15, 0.2) is 0 Å². The number of rotatable bonds is 4. The molecule has 2 aliphatic rings. The van der Waals surface area contributed by atoms with Crippen molar-refractivity contribution < 1.29 is 9.53 Å². The highest BCUT2D eigenvalue weighted by Crippen LogP contribution is 2.41. The van der Waals surface area contributed by atoms with E-state index < -0.39 is 0 Å². The van der Waals surface area contributed by atoms with E-state index in [0.717, 1.165) is 46.1 Å². The van der Waals surface area contributed by atoms with E-state index in [2.05, 4.69) is 50.6 Å². The van der Waals surface area contributed by atoms with Crippen molar-refractivity contribution in [3.8, 4) is 11.1 Å². The number of nitrogens with one attached hydrogen (secondary N) is 2. The van der Waals surface area contributed by atoms with Gasteiger partial charge in [0.05, 0.1) is 30.6 Å². The van der Waals surface area contributed by atoms with E-state index in [1.807, 2.05) is 37.4 Å². The second-order valence-corrected chi connectivity index (χ2v) is 8.57. The zero-order valence-electron chi connectivity index (χ0n) is 19.1. The van der Waals surface area contributed by atoms with Gasteiger partial charge in [-0.2, -0.15) is 5.10 Å². The molecule has 0 aliphatic carbocycles. The maximum Gasteiger partial charge on any atom is 0.221 e. The Balaban J connectivity index is 1.74. The molecule has 33 heavy (non-hydrogen) atoms.